The van der Waals surface area contributed by atoms with Crippen LogP contribution in [0.15, 0.2) is 60.2 Å². The van der Waals surface area contributed by atoms with Crippen molar-refractivity contribution in [3.63, 3.8) is 0 Å². The Kier molecular flexibility index (Phi) is 32.9. The van der Waals surface area contributed by atoms with Gasteiger partial charge in [-0.1, -0.05) is 270 Å². The van der Waals surface area contributed by atoms with Crippen LogP contribution >= 0.6 is 0 Å². The van der Waals surface area contributed by atoms with Gasteiger partial charge in [-0.15, -0.1) is 0 Å². The largest absolute Gasteiger partial charge is 0.493 e. The average Bonchev–Trinajstić information content (AvgIpc) is 3.62. The van der Waals surface area contributed by atoms with Crippen molar-refractivity contribution in [1.29, 1.82) is 0 Å². The summed E-state index contributed by atoms with van der Waals surface area (Å²) in [6.45, 7) is 6.89. The average molecular weight is 849 g/mol. The highest BCUT2D eigenvalue weighted by atomic mass is 15.2. The summed E-state index contributed by atoms with van der Waals surface area (Å²) in [4.78, 5) is 0. The molecule has 1 aliphatic rings. The third kappa shape index (κ3) is 25.1. The Morgan fingerprint density at radius 3 is 0.984 bits per heavy atom. The number of hydrogen-bond acceptors (Lipinski definition) is 0. The number of allylic oxidation sites excluding steroid dienone is 2. The molecule has 2 aromatic carbocycles. The Morgan fingerprint density at radius 2 is 0.629 bits per heavy atom. The minimum absolute atomic E-state index is 0.941. The molecule has 0 aromatic heterocycles. The van der Waals surface area contributed by atoms with Crippen molar-refractivity contribution in [2.24, 2.45) is 0 Å². The van der Waals surface area contributed by atoms with Crippen molar-refractivity contribution < 1.29 is 4.70 Å². The lowest BCUT2D eigenvalue weighted by atomic mass is 9.98. The maximum absolute atomic E-state index is 11.9. The minimum atomic E-state index is 0.941. The van der Waals surface area contributed by atoms with Gasteiger partial charge in [0.05, 0.1) is 0 Å². The first kappa shape index (κ1) is 53.9. The molecular weight excluding hydrogens is 749 g/mol. The summed E-state index contributed by atoms with van der Waals surface area (Å²) in [6, 6.07) is 18.1. The lowest BCUT2D eigenvalue weighted by Crippen LogP contribution is -2.03. The highest BCUT2D eigenvalue weighted by molar-refractivity contribution is 5.78. The monoisotopic (exact) mass is 849 g/mol. The number of nitrogens with zero attached hydrogens (tertiary/aromatic N) is 2. The van der Waals surface area contributed by atoms with Gasteiger partial charge in [0.15, 0.2) is 0 Å². The summed E-state index contributed by atoms with van der Waals surface area (Å²) in [5.41, 5.74) is 20.2. The molecule has 0 atom stereocenters. The smallest absolute Gasteiger partial charge is 0.210 e. The Balaban J connectivity index is 1.33. The zero-order valence-electron chi connectivity index (χ0n) is 41.6. The number of aryl methyl sites for hydroxylation is 2. The van der Waals surface area contributed by atoms with E-state index in [2.05, 4.69) is 75.4 Å². The van der Waals surface area contributed by atoms with Crippen LogP contribution in [0, 0.1) is 0 Å². The fraction of sp³-hybridized carbons (Fsp3) is 0.733. The van der Waals surface area contributed by atoms with Crippen molar-refractivity contribution >= 4 is 11.4 Å². The van der Waals surface area contributed by atoms with Crippen LogP contribution < -0.4 is 0 Å². The van der Waals surface area contributed by atoms with Crippen LogP contribution in [0.2, 0.25) is 0 Å². The van der Waals surface area contributed by atoms with Gasteiger partial charge >= 0.3 is 0 Å². The van der Waals surface area contributed by atoms with Crippen LogP contribution in [-0.4, -0.2) is 4.70 Å². The van der Waals surface area contributed by atoms with Crippen molar-refractivity contribution in [3.8, 4) is 0 Å². The first-order chi connectivity index (χ1) is 30.7. The molecule has 0 saturated heterocycles. The molecule has 0 saturated carbocycles. The first-order valence-corrected chi connectivity index (χ1v) is 27.8. The fourth-order valence-electron chi connectivity index (χ4n) is 9.87. The summed E-state index contributed by atoms with van der Waals surface area (Å²) in [5, 5.41) is 0. The molecule has 2 aromatic rings. The topological polar surface area (TPSA) is 25.3 Å². The predicted octanol–water partition coefficient (Wildman–Crippen LogP) is 20.8. The second-order valence-corrected chi connectivity index (χ2v) is 19.7. The molecule has 0 amide bonds. The Bertz CT molecular complexity index is 1450. The minimum Gasteiger partial charge on any atom is -0.493 e. The van der Waals surface area contributed by atoms with Crippen LogP contribution in [0.1, 0.15) is 293 Å². The van der Waals surface area contributed by atoms with Gasteiger partial charge in [-0.05, 0) is 73.9 Å². The molecule has 3 rings (SSSR count). The first-order valence-electron chi connectivity index (χ1n) is 27.8. The highest BCUT2D eigenvalue weighted by Gasteiger charge is 2.29. The van der Waals surface area contributed by atoms with Gasteiger partial charge in [0, 0.05) is 22.8 Å². The molecule has 0 fully saturated rings. The lowest BCUT2D eigenvalue weighted by Gasteiger charge is -2.12. The molecule has 350 valence electrons. The standard InChI is InChI=1S/C60H100N2/c1-4-7-10-13-16-17-18-19-20-21-22-23-24-25-26-27-28-29-30-31-32-33-34-35-38-41-48-58-53-59(56-49-42-46-54(51-56)44-39-36-14-11-8-5-2)62(61)60(58)57-50-43-47-55(52-57)45-40-37-15-12-9-6-3/h42-43,46-47,49-53H,4-41,44-45,48H2,1-3H3. The van der Waals surface area contributed by atoms with E-state index >= 15 is 0 Å². The maximum atomic E-state index is 11.9. The lowest BCUT2D eigenvalue weighted by molar-refractivity contribution is -0.344. The van der Waals surface area contributed by atoms with E-state index in [4.69, 9.17) is 0 Å². The SMILES string of the molecule is CCCCCCCCCCCCCCCCCCCCCCCCCCCCC1=C(c2cccc(CCCCCCCC)c2)[N+](=[N-])C(c2cccc(CCCCCCCC)c2)=C1. The van der Waals surface area contributed by atoms with Crippen molar-refractivity contribution in [3.05, 3.63) is 88.0 Å². The predicted molar refractivity (Wildman–Crippen MR) is 276 cm³/mol. The summed E-state index contributed by atoms with van der Waals surface area (Å²) in [7, 11) is 0. The molecule has 0 spiro atoms. The van der Waals surface area contributed by atoms with E-state index < -0.39 is 0 Å². The van der Waals surface area contributed by atoms with E-state index in [1.54, 1.807) is 0 Å². The normalized spacial score (nSPS) is 12.9. The van der Waals surface area contributed by atoms with Gasteiger partial charge in [-0.25, -0.2) is 4.70 Å². The van der Waals surface area contributed by atoms with E-state index in [-0.39, 0.29) is 0 Å². The molecule has 0 N–H and O–H groups in total. The van der Waals surface area contributed by atoms with Crippen LogP contribution in [0.3, 0.4) is 0 Å². The molecular formula is C60H100N2. The van der Waals surface area contributed by atoms with E-state index in [1.165, 1.54) is 265 Å². The number of unbranched alkanes of at least 4 members (excludes halogenated alkanes) is 35. The van der Waals surface area contributed by atoms with Gasteiger partial charge in [0.1, 0.15) is 0 Å². The van der Waals surface area contributed by atoms with E-state index in [0.29, 0.717) is 0 Å². The molecule has 62 heavy (non-hydrogen) atoms. The van der Waals surface area contributed by atoms with Crippen molar-refractivity contribution in [1.82, 2.24) is 0 Å². The van der Waals surface area contributed by atoms with Gasteiger partial charge in [-0.3, -0.25) is 0 Å². The van der Waals surface area contributed by atoms with Crippen LogP contribution in [0.4, 0.5) is 0 Å². The van der Waals surface area contributed by atoms with Gasteiger partial charge in [0.2, 0.25) is 11.4 Å². The maximum Gasteiger partial charge on any atom is 0.210 e. The second-order valence-electron chi connectivity index (χ2n) is 19.7. The quantitative estimate of drug-likeness (QED) is 0.0469. The molecule has 1 aliphatic heterocycles. The van der Waals surface area contributed by atoms with Crippen LogP contribution in [-0.2, 0) is 12.8 Å². The van der Waals surface area contributed by atoms with E-state index in [9.17, 15) is 5.53 Å². The zero-order valence-corrected chi connectivity index (χ0v) is 41.6. The summed E-state index contributed by atoms with van der Waals surface area (Å²) < 4.78 is 1.53. The molecule has 1 heterocycles. The second kappa shape index (κ2) is 37.9. The van der Waals surface area contributed by atoms with Crippen molar-refractivity contribution in [2.75, 3.05) is 0 Å². The Morgan fingerprint density at radius 1 is 0.339 bits per heavy atom. The third-order valence-electron chi connectivity index (χ3n) is 13.9. The molecule has 0 radical (unpaired) electrons. The summed E-state index contributed by atoms with van der Waals surface area (Å²) in [5.74, 6) is 0. The van der Waals surface area contributed by atoms with Crippen LogP contribution in [0.5, 0.6) is 0 Å². The van der Waals surface area contributed by atoms with Gasteiger partial charge in [-0.2, -0.15) is 0 Å². The molecule has 2 heteroatoms. The van der Waals surface area contributed by atoms with Gasteiger partial charge in [0.25, 0.3) is 0 Å². The highest BCUT2D eigenvalue weighted by Crippen LogP contribution is 2.38. The number of rotatable bonds is 43. The Labute approximate surface area is 386 Å². The summed E-state index contributed by atoms with van der Waals surface area (Å²) >= 11 is 0. The molecule has 0 bridgehead atoms. The fourth-order valence-corrected chi connectivity index (χ4v) is 9.87. The van der Waals surface area contributed by atoms with E-state index in [1.807, 2.05) is 0 Å². The Hall–Kier alpha value is -2.48. The molecule has 0 unspecified atom stereocenters. The zero-order chi connectivity index (χ0) is 44.0. The van der Waals surface area contributed by atoms with Crippen molar-refractivity contribution in [2.45, 2.75) is 284 Å². The summed E-state index contributed by atoms with van der Waals surface area (Å²) in [6.07, 6.45) is 58.5. The number of hydrogen-bond donors (Lipinski definition) is 0. The third-order valence-corrected chi connectivity index (χ3v) is 13.9. The van der Waals surface area contributed by atoms with E-state index in [0.717, 1.165) is 41.8 Å². The van der Waals surface area contributed by atoms with Crippen LogP contribution in [0.25, 0.3) is 16.9 Å². The number of benzene rings is 2. The molecule has 2 nitrogen and oxygen atoms in total. The molecule has 0 aliphatic carbocycles. The van der Waals surface area contributed by atoms with Gasteiger partial charge < -0.3 is 5.53 Å².